The Morgan fingerprint density at radius 3 is 2.54 bits per heavy atom. The molecule has 0 radical (unpaired) electrons. The molecule has 2 aromatic rings. The minimum absolute atomic E-state index is 0.0811. The second-order valence-corrected chi connectivity index (χ2v) is 6.35. The van der Waals surface area contributed by atoms with Gasteiger partial charge in [0.15, 0.2) is 0 Å². The molecular formula is C21H25FN2O2. The number of amides is 2. The van der Waals surface area contributed by atoms with Crippen LogP contribution in [0.1, 0.15) is 30.5 Å². The van der Waals surface area contributed by atoms with Crippen molar-refractivity contribution in [1.82, 2.24) is 10.2 Å². The van der Waals surface area contributed by atoms with Gasteiger partial charge < -0.3 is 10.2 Å². The van der Waals surface area contributed by atoms with E-state index in [0.717, 1.165) is 11.1 Å². The predicted molar refractivity (Wildman–Crippen MR) is 100.0 cm³/mol. The molecule has 2 rings (SSSR count). The number of nitrogens with one attached hydrogen (secondary N) is 1. The van der Waals surface area contributed by atoms with Crippen LogP contribution >= 0.6 is 0 Å². The number of carbonyl (C=O) groups excluding carboxylic acids is 2. The van der Waals surface area contributed by atoms with Gasteiger partial charge >= 0.3 is 0 Å². The Labute approximate surface area is 154 Å². The van der Waals surface area contributed by atoms with Gasteiger partial charge in [0.25, 0.3) is 0 Å². The lowest BCUT2D eigenvalue weighted by atomic mass is 10.1. The van der Waals surface area contributed by atoms with Gasteiger partial charge in [0.05, 0.1) is 6.42 Å². The molecule has 26 heavy (non-hydrogen) atoms. The van der Waals surface area contributed by atoms with E-state index in [9.17, 15) is 14.0 Å². The summed E-state index contributed by atoms with van der Waals surface area (Å²) in [4.78, 5) is 26.7. The molecule has 0 aromatic heterocycles. The van der Waals surface area contributed by atoms with Gasteiger partial charge in [-0.1, -0.05) is 48.0 Å². The van der Waals surface area contributed by atoms with Gasteiger partial charge in [-0.3, -0.25) is 9.59 Å². The third-order valence-corrected chi connectivity index (χ3v) is 4.25. The summed E-state index contributed by atoms with van der Waals surface area (Å²) in [5.74, 6) is -0.917. The summed E-state index contributed by atoms with van der Waals surface area (Å²) in [6, 6.07) is 13.4. The molecule has 0 saturated heterocycles. The van der Waals surface area contributed by atoms with Crippen molar-refractivity contribution in [3.63, 3.8) is 0 Å². The summed E-state index contributed by atoms with van der Waals surface area (Å²) in [5.41, 5.74) is 2.34. The van der Waals surface area contributed by atoms with Crippen LogP contribution in [0.15, 0.2) is 48.5 Å². The van der Waals surface area contributed by atoms with Gasteiger partial charge in [-0.2, -0.15) is 0 Å². The van der Waals surface area contributed by atoms with Crippen molar-refractivity contribution in [3.05, 3.63) is 71.0 Å². The largest absolute Gasteiger partial charge is 0.355 e. The average molecular weight is 356 g/mol. The molecule has 4 nitrogen and oxygen atoms in total. The number of hydrogen-bond donors (Lipinski definition) is 1. The summed E-state index contributed by atoms with van der Waals surface area (Å²) in [7, 11) is 0. The van der Waals surface area contributed by atoms with Crippen molar-refractivity contribution in [3.8, 4) is 0 Å². The normalized spacial score (nSPS) is 11.7. The summed E-state index contributed by atoms with van der Waals surface area (Å²) >= 11 is 0. The van der Waals surface area contributed by atoms with Crippen LogP contribution < -0.4 is 5.32 Å². The van der Waals surface area contributed by atoms with E-state index in [1.807, 2.05) is 38.1 Å². The molecule has 0 saturated carbocycles. The second-order valence-electron chi connectivity index (χ2n) is 6.35. The first-order valence-electron chi connectivity index (χ1n) is 8.78. The molecule has 0 fully saturated rings. The summed E-state index contributed by atoms with van der Waals surface area (Å²) in [5, 5.41) is 2.75. The maximum atomic E-state index is 13.9. The fourth-order valence-corrected chi connectivity index (χ4v) is 2.82. The van der Waals surface area contributed by atoms with Crippen LogP contribution in [0, 0.1) is 12.7 Å². The van der Waals surface area contributed by atoms with Gasteiger partial charge in [0.2, 0.25) is 11.8 Å². The van der Waals surface area contributed by atoms with Crippen molar-refractivity contribution in [2.75, 3.05) is 6.54 Å². The van der Waals surface area contributed by atoms with Crippen LogP contribution in [0.4, 0.5) is 4.39 Å². The van der Waals surface area contributed by atoms with Gasteiger partial charge in [-0.05, 0) is 38.0 Å². The van der Waals surface area contributed by atoms with Gasteiger partial charge in [0, 0.05) is 13.1 Å². The summed E-state index contributed by atoms with van der Waals surface area (Å²) in [6.45, 7) is 6.29. The number of carbonyl (C=O) groups is 2. The third-order valence-electron chi connectivity index (χ3n) is 4.25. The number of hydrogen-bond acceptors (Lipinski definition) is 2. The SMILES string of the molecule is CCNC(=O)[C@@H](C)N(Cc1cccc(C)c1)C(=O)Cc1ccccc1F. The topological polar surface area (TPSA) is 49.4 Å². The summed E-state index contributed by atoms with van der Waals surface area (Å²) < 4.78 is 13.9. The molecular weight excluding hydrogens is 331 g/mol. The van der Waals surface area contributed by atoms with E-state index in [2.05, 4.69) is 5.32 Å². The molecule has 2 amide bonds. The molecule has 1 atom stereocenters. The molecule has 0 heterocycles. The average Bonchev–Trinajstić information content (AvgIpc) is 2.61. The molecule has 0 spiro atoms. The Morgan fingerprint density at radius 2 is 1.88 bits per heavy atom. The van der Waals surface area contributed by atoms with Crippen LogP contribution in [0.3, 0.4) is 0 Å². The van der Waals surface area contributed by atoms with E-state index in [0.29, 0.717) is 18.7 Å². The number of benzene rings is 2. The fraction of sp³-hybridized carbons (Fsp3) is 0.333. The number of halogens is 1. The van der Waals surface area contributed by atoms with Crippen molar-refractivity contribution in [2.45, 2.75) is 39.8 Å². The van der Waals surface area contributed by atoms with Gasteiger partial charge in [-0.15, -0.1) is 0 Å². The highest BCUT2D eigenvalue weighted by Gasteiger charge is 2.26. The molecule has 0 aliphatic rings. The Bertz CT molecular complexity index is 776. The number of nitrogens with zero attached hydrogens (tertiary/aromatic N) is 1. The molecule has 5 heteroatoms. The third kappa shape index (κ3) is 5.15. The summed E-state index contributed by atoms with van der Waals surface area (Å²) in [6.07, 6.45) is -0.0811. The Kier molecular flexibility index (Phi) is 6.89. The van der Waals surface area contributed by atoms with Crippen molar-refractivity contribution >= 4 is 11.8 Å². The predicted octanol–water partition coefficient (Wildman–Crippen LogP) is 3.23. The van der Waals surface area contributed by atoms with Crippen LogP contribution in [0.25, 0.3) is 0 Å². The molecule has 0 unspecified atom stereocenters. The molecule has 0 bridgehead atoms. The lowest BCUT2D eigenvalue weighted by Crippen LogP contribution is -2.48. The van der Waals surface area contributed by atoms with E-state index in [1.165, 1.54) is 11.0 Å². The van der Waals surface area contributed by atoms with E-state index < -0.39 is 11.9 Å². The first kappa shape index (κ1) is 19.6. The number of rotatable bonds is 7. The van der Waals surface area contributed by atoms with Crippen molar-refractivity contribution in [1.29, 1.82) is 0 Å². The molecule has 0 aliphatic carbocycles. The molecule has 1 N–H and O–H groups in total. The number of likely N-dealkylation sites (N-methyl/N-ethyl adjacent to an activating group) is 1. The lowest BCUT2D eigenvalue weighted by Gasteiger charge is -2.29. The van der Waals surface area contributed by atoms with Crippen LogP contribution in [-0.4, -0.2) is 29.3 Å². The fourth-order valence-electron chi connectivity index (χ4n) is 2.82. The van der Waals surface area contributed by atoms with Crippen LogP contribution in [0.5, 0.6) is 0 Å². The minimum Gasteiger partial charge on any atom is -0.355 e. The van der Waals surface area contributed by atoms with Crippen LogP contribution in [-0.2, 0) is 22.6 Å². The standard InChI is InChI=1S/C21H25FN2O2/c1-4-23-21(26)16(3)24(14-17-9-7-8-15(2)12-17)20(25)13-18-10-5-6-11-19(18)22/h5-12,16H,4,13-14H2,1-3H3,(H,23,26)/t16-/m1/s1. The Balaban J connectivity index is 2.25. The monoisotopic (exact) mass is 356 g/mol. The maximum Gasteiger partial charge on any atom is 0.242 e. The molecule has 138 valence electrons. The highest BCUT2D eigenvalue weighted by molar-refractivity contribution is 5.88. The second kappa shape index (κ2) is 9.13. The number of aryl methyl sites for hydroxylation is 1. The van der Waals surface area contributed by atoms with Crippen LogP contribution in [0.2, 0.25) is 0 Å². The maximum absolute atomic E-state index is 13.9. The van der Waals surface area contributed by atoms with Gasteiger partial charge in [-0.25, -0.2) is 4.39 Å². The first-order chi connectivity index (χ1) is 12.4. The zero-order valence-corrected chi connectivity index (χ0v) is 15.5. The van der Waals surface area contributed by atoms with Crippen molar-refractivity contribution < 1.29 is 14.0 Å². The zero-order chi connectivity index (χ0) is 19.1. The van der Waals surface area contributed by atoms with E-state index >= 15 is 0 Å². The van der Waals surface area contributed by atoms with E-state index in [4.69, 9.17) is 0 Å². The minimum atomic E-state index is -0.644. The molecule has 0 aliphatic heterocycles. The highest BCUT2D eigenvalue weighted by atomic mass is 19.1. The van der Waals surface area contributed by atoms with Crippen molar-refractivity contribution in [2.24, 2.45) is 0 Å². The zero-order valence-electron chi connectivity index (χ0n) is 15.5. The lowest BCUT2D eigenvalue weighted by molar-refractivity contribution is -0.140. The van der Waals surface area contributed by atoms with E-state index in [1.54, 1.807) is 25.1 Å². The quantitative estimate of drug-likeness (QED) is 0.828. The Hall–Kier alpha value is -2.69. The molecule has 2 aromatic carbocycles. The first-order valence-corrected chi connectivity index (χ1v) is 8.78. The highest BCUT2D eigenvalue weighted by Crippen LogP contribution is 2.15. The Morgan fingerprint density at radius 1 is 1.15 bits per heavy atom. The van der Waals surface area contributed by atoms with E-state index in [-0.39, 0.29) is 18.2 Å². The van der Waals surface area contributed by atoms with Gasteiger partial charge in [0.1, 0.15) is 11.9 Å². The smallest absolute Gasteiger partial charge is 0.242 e.